The molecule has 6 heteroatoms. The van der Waals surface area contributed by atoms with E-state index >= 15 is 0 Å². The predicted octanol–water partition coefficient (Wildman–Crippen LogP) is 1.93. The van der Waals surface area contributed by atoms with Gasteiger partial charge in [-0.3, -0.25) is 4.79 Å². The smallest absolute Gasteiger partial charge is 0.228 e. The second kappa shape index (κ2) is 6.45. The van der Waals surface area contributed by atoms with E-state index in [1.165, 1.54) is 11.0 Å². The first-order valence-electron chi connectivity index (χ1n) is 6.10. The SMILES string of the molecule is CN(C(=O)CC1COCCN1)c1cc(Br)ccc1F. The summed E-state index contributed by atoms with van der Waals surface area (Å²) in [4.78, 5) is 13.5. The molecule has 1 aromatic carbocycles. The zero-order valence-electron chi connectivity index (χ0n) is 10.7. The second-order valence-corrected chi connectivity index (χ2v) is 5.39. The third-order valence-corrected chi connectivity index (χ3v) is 3.56. The fraction of sp³-hybridized carbons (Fsp3) is 0.462. The maximum atomic E-state index is 13.7. The normalized spacial score (nSPS) is 19.2. The van der Waals surface area contributed by atoms with Crippen LogP contribution in [0.15, 0.2) is 22.7 Å². The Balaban J connectivity index is 2.03. The average Bonchev–Trinajstić information content (AvgIpc) is 2.42. The Hall–Kier alpha value is -0.980. The molecule has 1 N–H and O–H groups in total. The van der Waals surface area contributed by atoms with Crippen molar-refractivity contribution in [3.8, 4) is 0 Å². The van der Waals surface area contributed by atoms with Crippen LogP contribution in [0.3, 0.4) is 0 Å². The number of rotatable bonds is 3. The summed E-state index contributed by atoms with van der Waals surface area (Å²) in [5.74, 6) is -0.549. The van der Waals surface area contributed by atoms with Crippen LogP contribution in [0.25, 0.3) is 0 Å². The van der Waals surface area contributed by atoms with Gasteiger partial charge in [0.2, 0.25) is 5.91 Å². The van der Waals surface area contributed by atoms with Crippen LogP contribution in [0.1, 0.15) is 6.42 Å². The second-order valence-electron chi connectivity index (χ2n) is 4.48. The van der Waals surface area contributed by atoms with E-state index in [9.17, 15) is 9.18 Å². The van der Waals surface area contributed by atoms with Crippen molar-refractivity contribution < 1.29 is 13.9 Å². The Kier molecular flexibility index (Phi) is 4.90. The van der Waals surface area contributed by atoms with Gasteiger partial charge in [-0.05, 0) is 18.2 Å². The highest BCUT2D eigenvalue weighted by Crippen LogP contribution is 2.23. The van der Waals surface area contributed by atoms with Crippen molar-refractivity contribution in [2.24, 2.45) is 0 Å². The number of benzene rings is 1. The van der Waals surface area contributed by atoms with Crippen LogP contribution >= 0.6 is 15.9 Å². The lowest BCUT2D eigenvalue weighted by molar-refractivity contribution is -0.119. The van der Waals surface area contributed by atoms with Gasteiger partial charge in [-0.25, -0.2) is 4.39 Å². The molecular weight excluding hydrogens is 315 g/mol. The number of ether oxygens (including phenoxy) is 1. The van der Waals surface area contributed by atoms with E-state index in [0.29, 0.717) is 19.6 Å². The molecule has 1 unspecified atom stereocenters. The van der Waals surface area contributed by atoms with Crippen molar-refractivity contribution in [1.29, 1.82) is 0 Å². The molecule has 1 heterocycles. The Labute approximate surface area is 120 Å². The number of amides is 1. The number of halogens is 2. The highest BCUT2D eigenvalue weighted by atomic mass is 79.9. The Bertz CT molecular complexity index is 464. The van der Waals surface area contributed by atoms with Gasteiger partial charge in [-0.2, -0.15) is 0 Å². The number of nitrogens with one attached hydrogen (secondary N) is 1. The van der Waals surface area contributed by atoms with Crippen molar-refractivity contribution >= 4 is 27.5 Å². The van der Waals surface area contributed by atoms with Crippen LogP contribution in [0.4, 0.5) is 10.1 Å². The zero-order chi connectivity index (χ0) is 13.8. The molecule has 0 bridgehead atoms. The number of carbonyl (C=O) groups excluding carboxylic acids is 1. The van der Waals surface area contributed by atoms with E-state index in [1.54, 1.807) is 19.2 Å². The summed E-state index contributed by atoms with van der Waals surface area (Å²) in [7, 11) is 1.58. The van der Waals surface area contributed by atoms with Crippen molar-refractivity contribution in [2.45, 2.75) is 12.5 Å². The van der Waals surface area contributed by atoms with E-state index < -0.39 is 5.82 Å². The van der Waals surface area contributed by atoms with E-state index in [2.05, 4.69) is 21.2 Å². The molecule has 2 rings (SSSR count). The third kappa shape index (κ3) is 3.75. The van der Waals surface area contributed by atoms with Crippen LogP contribution in [-0.2, 0) is 9.53 Å². The number of hydrogen-bond acceptors (Lipinski definition) is 3. The van der Waals surface area contributed by atoms with Gasteiger partial charge in [-0.15, -0.1) is 0 Å². The Morgan fingerprint density at radius 1 is 1.63 bits per heavy atom. The Morgan fingerprint density at radius 3 is 3.11 bits per heavy atom. The monoisotopic (exact) mass is 330 g/mol. The maximum Gasteiger partial charge on any atom is 0.228 e. The van der Waals surface area contributed by atoms with Crippen LogP contribution in [-0.4, -0.2) is 38.8 Å². The van der Waals surface area contributed by atoms with E-state index in [4.69, 9.17) is 4.74 Å². The summed E-state index contributed by atoms with van der Waals surface area (Å²) in [5.41, 5.74) is 0.274. The lowest BCUT2D eigenvalue weighted by Crippen LogP contribution is -2.44. The topological polar surface area (TPSA) is 41.6 Å². The highest BCUT2D eigenvalue weighted by Gasteiger charge is 2.21. The fourth-order valence-corrected chi connectivity index (χ4v) is 2.32. The minimum absolute atomic E-state index is 0.00101. The summed E-state index contributed by atoms with van der Waals surface area (Å²) in [5, 5.41) is 3.21. The molecular formula is C13H16BrFN2O2. The molecule has 0 saturated carbocycles. The largest absolute Gasteiger partial charge is 0.378 e. The fourth-order valence-electron chi connectivity index (χ4n) is 1.98. The van der Waals surface area contributed by atoms with Crippen LogP contribution < -0.4 is 10.2 Å². The molecule has 19 heavy (non-hydrogen) atoms. The number of hydrogen-bond donors (Lipinski definition) is 1. The van der Waals surface area contributed by atoms with Crippen molar-refractivity contribution in [3.63, 3.8) is 0 Å². The van der Waals surface area contributed by atoms with Gasteiger partial charge < -0.3 is 15.0 Å². The minimum Gasteiger partial charge on any atom is -0.378 e. The van der Waals surface area contributed by atoms with Crippen LogP contribution in [0, 0.1) is 5.82 Å². The summed E-state index contributed by atoms with van der Waals surface area (Å²) < 4.78 is 19.7. The molecule has 1 aromatic rings. The summed E-state index contributed by atoms with van der Waals surface area (Å²) in [6, 6.07) is 4.54. The van der Waals surface area contributed by atoms with Crippen LogP contribution in [0.2, 0.25) is 0 Å². The van der Waals surface area contributed by atoms with Crippen LogP contribution in [0.5, 0.6) is 0 Å². The lowest BCUT2D eigenvalue weighted by atomic mass is 10.1. The van der Waals surface area contributed by atoms with E-state index in [1.807, 2.05) is 0 Å². The molecule has 0 spiro atoms. The Morgan fingerprint density at radius 2 is 2.42 bits per heavy atom. The molecule has 104 valence electrons. The third-order valence-electron chi connectivity index (χ3n) is 3.06. The molecule has 1 saturated heterocycles. The number of morpholine rings is 1. The van der Waals surface area contributed by atoms with Crippen molar-refractivity contribution in [3.05, 3.63) is 28.5 Å². The molecule has 0 aromatic heterocycles. The summed E-state index contributed by atoms with van der Waals surface area (Å²) in [6.45, 7) is 1.92. The van der Waals surface area contributed by atoms with Gasteiger partial charge in [0.15, 0.2) is 0 Å². The lowest BCUT2D eigenvalue weighted by Gasteiger charge is -2.26. The van der Waals surface area contributed by atoms with Gasteiger partial charge in [0.1, 0.15) is 5.82 Å². The number of nitrogens with zero attached hydrogens (tertiary/aromatic N) is 1. The molecule has 0 radical (unpaired) electrons. The van der Waals surface area contributed by atoms with Crippen molar-refractivity contribution in [2.75, 3.05) is 31.7 Å². The summed E-state index contributed by atoms with van der Waals surface area (Å²) >= 11 is 3.28. The molecule has 0 aliphatic carbocycles. The molecule has 4 nitrogen and oxygen atoms in total. The number of anilines is 1. The standard InChI is InChI=1S/C13H16BrFN2O2/c1-17(12-6-9(14)2-3-11(12)15)13(18)7-10-8-19-5-4-16-10/h2-3,6,10,16H,4-5,7-8H2,1H3. The maximum absolute atomic E-state index is 13.7. The summed E-state index contributed by atoms with van der Waals surface area (Å²) in [6.07, 6.45) is 0.294. The van der Waals surface area contributed by atoms with Crippen molar-refractivity contribution in [1.82, 2.24) is 5.32 Å². The predicted molar refractivity (Wildman–Crippen MR) is 74.7 cm³/mol. The van der Waals surface area contributed by atoms with Gasteiger partial charge in [0, 0.05) is 30.5 Å². The zero-order valence-corrected chi connectivity index (χ0v) is 12.2. The first kappa shape index (κ1) is 14.4. The molecule has 1 atom stereocenters. The van der Waals surface area contributed by atoms with E-state index in [0.717, 1.165) is 11.0 Å². The first-order chi connectivity index (χ1) is 9.08. The van der Waals surface area contributed by atoms with Gasteiger partial charge in [-0.1, -0.05) is 15.9 Å². The van der Waals surface area contributed by atoms with Gasteiger partial charge >= 0.3 is 0 Å². The van der Waals surface area contributed by atoms with Gasteiger partial charge in [0.25, 0.3) is 0 Å². The van der Waals surface area contributed by atoms with Gasteiger partial charge in [0.05, 0.1) is 18.9 Å². The first-order valence-corrected chi connectivity index (χ1v) is 6.90. The quantitative estimate of drug-likeness (QED) is 0.920. The number of carbonyl (C=O) groups is 1. The molecule has 1 aliphatic heterocycles. The average molecular weight is 331 g/mol. The molecule has 1 fully saturated rings. The molecule has 1 aliphatic rings. The minimum atomic E-state index is -0.410. The molecule has 1 amide bonds. The highest BCUT2D eigenvalue weighted by molar-refractivity contribution is 9.10. The van der Waals surface area contributed by atoms with E-state index in [-0.39, 0.29) is 17.6 Å².